The first-order valence-corrected chi connectivity index (χ1v) is 5.97. The van der Waals surface area contributed by atoms with E-state index in [2.05, 4.69) is 20.5 Å². The number of carbonyl (C=O) groups is 2. The number of esters is 1. The molecule has 0 saturated heterocycles. The fourth-order valence-corrected chi connectivity index (χ4v) is 1.57. The first-order valence-electron chi connectivity index (χ1n) is 5.97. The van der Waals surface area contributed by atoms with Crippen molar-refractivity contribution in [3.63, 3.8) is 0 Å². The summed E-state index contributed by atoms with van der Waals surface area (Å²) in [5, 5.41) is 9.70. The topological polar surface area (TPSA) is 94.1 Å². The van der Waals surface area contributed by atoms with E-state index in [1.54, 1.807) is 27.7 Å². The van der Waals surface area contributed by atoms with Crippen molar-refractivity contribution >= 4 is 17.8 Å². The Balaban J connectivity index is 2.87. The Kier molecular flexibility index (Phi) is 4.91. The number of hydrogen-bond donors (Lipinski definition) is 1. The molecular weight excluding hydrogens is 248 g/mol. The molecule has 7 nitrogen and oxygen atoms in total. The van der Waals surface area contributed by atoms with E-state index in [1.807, 2.05) is 0 Å². The number of rotatable bonds is 4. The molecule has 0 radical (unpaired) electrons. The lowest BCUT2D eigenvalue weighted by Crippen LogP contribution is -2.40. The van der Waals surface area contributed by atoms with Crippen molar-refractivity contribution in [3.8, 4) is 0 Å². The van der Waals surface area contributed by atoms with E-state index < -0.39 is 23.2 Å². The zero-order chi connectivity index (χ0) is 14.5. The Morgan fingerprint density at radius 2 is 2.05 bits per heavy atom. The van der Waals surface area contributed by atoms with Gasteiger partial charge in [-0.15, -0.1) is 5.10 Å². The molecule has 1 aromatic heterocycles. The Labute approximate surface area is 111 Å². The van der Waals surface area contributed by atoms with Gasteiger partial charge in [-0.2, -0.15) is 5.10 Å². The Morgan fingerprint density at radius 1 is 1.37 bits per heavy atom. The Hall–Kier alpha value is -2.05. The Morgan fingerprint density at radius 3 is 2.53 bits per heavy atom. The van der Waals surface area contributed by atoms with E-state index in [1.165, 1.54) is 12.4 Å². The second-order valence-corrected chi connectivity index (χ2v) is 5.01. The van der Waals surface area contributed by atoms with Crippen molar-refractivity contribution in [3.05, 3.63) is 12.4 Å². The first-order chi connectivity index (χ1) is 8.86. The minimum absolute atomic E-state index is 0.0612. The van der Waals surface area contributed by atoms with Gasteiger partial charge in [0.1, 0.15) is 5.92 Å². The van der Waals surface area contributed by atoms with Crippen LogP contribution in [-0.2, 0) is 14.3 Å². The van der Waals surface area contributed by atoms with E-state index in [9.17, 15) is 9.59 Å². The number of nitrogens with one attached hydrogen (secondary N) is 1. The smallest absolute Gasteiger partial charge is 0.319 e. The van der Waals surface area contributed by atoms with Crippen LogP contribution in [0.4, 0.5) is 5.95 Å². The summed E-state index contributed by atoms with van der Waals surface area (Å²) in [6.07, 6.45) is 2.79. The predicted octanol–water partition coefficient (Wildman–Crippen LogP) is 1.04. The molecule has 0 aromatic carbocycles. The van der Waals surface area contributed by atoms with Crippen LogP contribution in [0.3, 0.4) is 0 Å². The summed E-state index contributed by atoms with van der Waals surface area (Å²) < 4.78 is 4.93. The molecule has 0 aliphatic rings. The van der Waals surface area contributed by atoms with Crippen LogP contribution < -0.4 is 5.32 Å². The van der Waals surface area contributed by atoms with E-state index in [0.717, 1.165) is 0 Å². The molecule has 0 bridgehead atoms. The molecular formula is C12H18N4O3. The number of nitrogens with zero attached hydrogens (tertiary/aromatic N) is 3. The van der Waals surface area contributed by atoms with Crippen LogP contribution in [0.2, 0.25) is 0 Å². The maximum Gasteiger partial charge on any atom is 0.319 e. The summed E-state index contributed by atoms with van der Waals surface area (Å²) in [5.74, 6) is -1.93. The van der Waals surface area contributed by atoms with Crippen molar-refractivity contribution in [2.75, 3.05) is 11.9 Å². The number of ether oxygens (including phenoxy) is 1. The van der Waals surface area contributed by atoms with Crippen LogP contribution in [0, 0.1) is 11.3 Å². The quantitative estimate of drug-likeness (QED) is 0.646. The third kappa shape index (κ3) is 4.27. The number of hydrogen-bond acceptors (Lipinski definition) is 6. The van der Waals surface area contributed by atoms with Gasteiger partial charge in [-0.3, -0.25) is 14.9 Å². The summed E-state index contributed by atoms with van der Waals surface area (Å²) in [6, 6.07) is 0. The van der Waals surface area contributed by atoms with E-state index >= 15 is 0 Å². The Bertz CT molecular complexity index is 442. The lowest BCUT2D eigenvalue weighted by Gasteiger charge is -2.27. The zero-order valence-electron chi connectivity index (χ0n) is 11.5. The van der Waals surface area contributed by atoms with E-state index in [-0.39, 0.29) is 12.6 Å². The molecule has 19 heavy (non-hydrogen) atoms. The van der Waals surface area contributed by atoms with Gasteiger partial charge in [0, 0.05) is 0 Å². The van der Waals surface area contributed by atoms with Crippen molar-refractivity contribution in [2.45, 2.75) is 27.7 Å². The van der Waals surface area contributed by atoms with Crippen molar-refractivity contribution in [1.29, 1.82) is 0 Å². The molecule has 1 rings (SSSR count). The second-order valence-electron chi connectivity index (χ2n) is 5.01. The SMILES string of the molecule is CCOC(=O)C(C(=O)Nc1nccnn1)C(C)(C)C. The highest BCUT2D eigenvalue weighted by molar-refractivity contribution is 6.04. The summed E-state index contributed by atoms with van der Waals surface area (Å²) in [5.41, 5.74) is -0.571. The summed E-state index contributed by atoms with van der Waals surface area (Å²) in [4.78, 5) is 27.9. The standard InChI is InChI=1S/C12H18N4O3/c1-5-19-10(18)8(12(2,3)4)9(17)15-11-13-6-7-14-16-11/h6-8H,5H2,1-4H3,(H,13,15,16,17). The highest BCUT2D eigenvalue weighted by atomic mass is 16.5. The van der Waals surface area contributed by atoms with Crippen LogP contribution in [0.15, 0.2) is 12.4 Å². The van der Waals surface area contributed by atoms with Gasteiger partial charge in [0.2, 0.25) is 11.9 Å². The van der Waals surface area contributed by atoms with Gasteiger partial charge >= 0.3 is 5.97 Å². The van der Waals surface area contributed by atoms with Gasteiger partial charge in [0.05, 0.1) is 19.0 Å². The largest absolute Gasteiger partial charge is 0.465 e. The van der Waals surface area contributed by atoms with Gasteiger partial charge in [-0.25, -0.2) is 4.98 Å². The van der Waals surface area contributed by atoms with Crippen LogP contribution in [0.5, 0.6) is 0 Å². The molecule has 1 atom stereocenters. The molecule has 104 valence electrons. The fraction of sp³-hybridized carbons (Fsp3) is 0.583. The molecule has 1 N–H and O–H groups in total. The molecule has 0 saturated carbocycles. The van der Waals surface area contributed by atoms with Gasteiger partial charge in [0.25, 0.3) is 0 Å². The van der Waals surface area contributed by atoms with Gasteiger partial charge in [0.15, 0.2) is 0 Å². The highest BCUT2D eigenvalue weighted by Gasteiger charge is 2.39. The molecule has 0 spiro atoms. The molecule has 7 heteroatoms. The first kappa shape index (κ1) is 15.0. The maximum absolute atomic E-state index is 12.2. The van der Waals surface area contributed by atoms with Gasteiger partial charge in [-0.1, -0.05) is 20.8 Å². The average molecular weight is 266 g/mol. The number of anilines is 1. The third-order valence-electron chi connectivity index (χ3n) is 2.37. The lowest BCUT2D eigenvalue weighted by molar-refractivity contribution is -0.155. The fourth-order valence-electron chi connectivity index (χ4n) is 1.57. The molecule has 0 aliphatic carbocycles. The van der Waals surface area contributed by atoms with Crippen LogP contribution >= 0.6 is 0 Å². The van der Waals surface area contributed by atoms with Crippen LogP contribution in [0.1, 0.15) is 27.7 Å². The number of amides is 1. The summed E-state index contributed by atoms with van der Waals surface area (Å²) in [7, 11) is 0. The van der Waals surface area contributed by atoms with E-state index in [4.69, 9.17) is 4.74 Å². The number of carbonyl (C=O) groups excluding carboxylic acids is 2. The van der Waals surface area contributed by atoms with Gasteiger partial charge in [-0.05, 0) is 12.3 Å². The van der Waals surface area contributed by atoms with Crippen molar-refractivity contribution in [2.24, 2.45) is 11.3 Å². The minimum Gasteiger partial charge on any atom is -0.465 e. The van der Waals surface area contributed by atoms with Crippen LogP contribution in [-0.4, -0.2) is 33.7 Å². The third-order valence-corrected chi connectivity index (χ3v) is 2.37. The van der Waals surface area contributed by atoms with Crippen LogP contribution in [0.25, 0.3) is 0 Å². The summed E-state index contributed by atoms with van der Waals surface area (Å²) in [6.45, 7) is 7.29. The molecule has 1 heterocycles. The summed E-state index contributed by atoms with van der Waals surface area (Å²) >= 11 is 0. The molecule has 1 unspecified atom stereocenters. The minimum atomic E-state index is -0.934. The molecule has 1 aromatic rings. The number of aromatic nitrogens is 3. The zero-order valence-corrected chi connectivity index (χ0v) is 11.5. The second kappa shape index (κ2) is 6.21. The van der Waals surface area contributed by atoms with Crippen molar-refractivity contribution < 1.29 is 14.3 Å². The van der Waals surface area contributed by atoms with Crippen molar-refractivity contribution in [1.82, 2.24) is 15.2 Å². The maximum atomic E-state index is 12.2. The molecule has 0 fully saturated rings. The van der Waals surface area contributed by atoms with E-state index in [0.29, 0.717) is 0 Å². The molecule has 0 aliphatic heterocycles. The monoisotopic (exact) mass is 266 g/mol. The predicted molar refractivity (Wildman–Crippen MR) is 68.0 cm³/mol. The average Bonchev–Trinajstić information content (AvgIpc) is 2.28. The normalized spacial score (nSPS) is 12.6. The van der Waals surface area contributed by atoms with Gasteiger partial charge < -0.3 is 4.74 Å². The highest BCUT2D eigenvalue weighted by Crippen LogP contribution is 2.28. The lowest BCUT2D eigenvalue weighted by atomic mass is 9.80. The molecule has 1 amide bonds.